The molecule has 0 amide bonds. The van der Waals surface area contributed by atoms with Crippen LogP contribution in [0.4, 0.5) is 0 Å². The summed E-state index contributed by atoms with van der Waals surface area (Å²) in [5.41, 5.74) is 0.845. The Hall–Kier alpha value is -1.06. The molecule has 1 rings (SSSR count). The van der Waals surface area contributed by atoms with Gasteiger partial charge in [-0.15, -0.1) is 0 Å². The first-order valence-electron chi connectivity index (χ1n) is 5.78. The standard InChI is InChI=1S/C13H21NO2/c1-4-16-13-8-6-5-7-11(13)12(15)9-14-10(2)3/h5-8,10,12,14-15H,4,9H2,1-3H3. The molecule has 1 aromatic rings. The van der Waals surface area contributed by atoms with E-state index in [2.05, 4.69) is 19.2 Å². The maximum absolute atomic E-state index is 10.0. The molecular formula is C13H21NO2. The summed E-state index contributed by atoms with van der Waals surface area (Å²) < 4.78 is 5.48. The van der Waals surface area contributed by atoms with Gasteiger partial charge in [-0.2, -0.15) is 0 Å². The maximum Gasteiger partial charge on any atom is 0.125 e. The first-order valence-corrected chi connectivity index (χ1v) is 5.78. The molecule has 2 N–H and O–H groups in total. The van der Waals surface area contributed by atoms with Crippen molar-refractivity contribution in [3.63, 3.8) is 0 Å². The number of aliphatic hydroxyl groups excluding tert-OH is 1. The summed E-state index contributed by atoms with van der Waals surface area (Å²) in [6, 6.07) is 7.98. The summed E-state index contributed by atoms with van der Waals surface area (Å²) in [4.78, 5) is 0. The van der Waals surface area contributed by atoms with Gasteiger partial charge in [-0.3, -0.25) is 0 Å². The highest BCUT2D eigenvalue weighted by Crippen LogP contribution is 2.24. The summed E-state index contributed by atoms with van der Waals surface area (Å²) in [6.07, 6.45) is -0.523. The number of nitrogens with one attached hydrogen (secondary N) is 1. The molecule has 0 aliphatic rings. The minimum atomic E-state index is -0.523. The third-order valence-corrected chi connectivity index (χ3v) is 2.30. The molecule has 0 aliphatic carbocycles. The predicted molar refractivity (Wildman–Crippen MR) is 65.7 cm³/mol. The summed E-state index contributed by atoms with van der Waals surface area (Å²) in [6.45, 7) is 7.21. The molecule has 1 aromatic carbocycles. The van der Waals surface area contributed by atoms with E-state index < -0.39 is 6.10 Å². The van der Waals surface area contributed by atoms with E-state index in [1.807, 2.05) is 31.2 Å². The van der Waals surface area contributed by atoms with E-state index in [4.69, 9.17) is 4.74 Å². The molecule has 90 valence electrons. The molecular weight excluding hydrogens is 202 g/mol. The number of hydrogen-bond acceptors (Lipinski definition) is 3. The van der Waals surface area contributed by atoms with E-state index in [1.165, 1.54) is 0 Å². The average Bonchev–Trinajstić information content (AvgIpc) is 2.27. The van der Waals surface area contributed by atoms with Gasteiger partial charge in [-0.25, -0.2) is 0 Å². The molecule has 0 saturated carbocycles. The minimum Gasteiger partial charge on any atom is -0.493 e. The van der Waals surface area contributed by atoms with Gasteiger partial charge in [0, 0.05) is 18.2 Å². The zero-order valence-electron chi connectivity index (χ0n) is 10.2. The quantitative estimate of drug-likeness (QED) is 0.776. The lowest BCUT2D eigenvalue weighted by Gasteiger charge is -2.17. The Bertz CT molecular complexity index is 313. The number of para-hydroxylation sites is 1. The Labute approximate surface area is 97.4 Å². The molecule has 3 nitrogen and oxygen atoms in total. The van der Waals surface area contributed by atoms with Crippen molar-refractivity contribution in [2.24, 2.45) is 0 Å². The number of hydrogen-bond donors (Lipinski definition) is 2. The topological polar surface area (TPSA) is 41.5 Å². The fourth-order valence-corrected chi connectivity index (χ4v) is 1.50. The van der Waals surface area contributed by atoms with Crippen LogP contribution in [0, 0.1) is 0 Å². The number of rotatable bonds is 6. The first kappa shape index (κ1) is 13.0. The van der Waals surface area contributed by atoms with Crippen LogP contribution in [0.25, 0.3) is 0 Å². The highest BCUT2D eigenvalue weighted by Gasteiger charge is 2.12. The van der Waals surface area contributed by atoms with Crippen molar-refractivity contribution in [2.45, 2.75) is 32.9 Å². The van der Waals surface area contributed by atoms with Gasteiger partial charge in [0.15, 0.2) is 0 Å². The lowest BCUT2D eigenvalue weighted by Crippen LogP contribution is -2.28. The fraction of sp³-hybridized carbons (Fsp3) is 0.538. The van der Waals surface area contributed by atoms with E-state index in [0.717, 1.165) is 11.3 Å². The number of benzene rings is 1. The SMILES string of the molecule is CCOc1ccccc1C(O)CNC(C)C. The Morgan fingerprint density at radius 2 is 2.00 bits per heavy atom. The van der Waals surface area contributed by atoms with Gasteiger partial charge in [-0.1, -0.05) is 32.0 Å². The molecule has 0 radical (unpaired) electrons. The first-order chi connectivity index (χ1) is 7.65. The monoisotopic (exact) mass is 223 g/mol. The van der Waals surface area contributed by atoms with Crippen molar-refractivity contribution in [1.29, 1.82) is 0 Å². The molecule has 1 unspecified atom stereocenters. The van der Waals surface area contributed by atoms with E-state index in [-0.39, 0.29) is 0 Å². The lowest BCUT2D eigenvalue weighted by atomic mass is 10.1. The fourth-order valence-electron chi connectivity index (χ4n) is 1.50. The van der Waals surface area contributed by atoms with Crippen molar-refractivity contribution in [3.8, 4) is 5.75 Å². The van der Waals surface area contributed by atoms with Crippen LogP contribution >= 0.6 is 0 Å². The van der Waals surface area contributed by atoms with Gasteiger partial charge in [0.2, 0.25) is 0 Å². The van der Waals surface area contributed by atoms with Crippen molar-refractivity contribution in [2.75, 3.05) is 13.2 Å². The zero-order valence-corrected chi connectivity index (χ0v) is 10.2. The van der Waals surface area contributed by atoms with Gasteiger partial charge in [0.1, 0.15) is 5.75 Å². The van der Waals surface area contributed by atoms with Gasteiger partial charge >= 0.3 is 0 Å². The molecule has 0 aliphatic heterocycles. The van der Waals surface area contributed by atoms with Crippen LogP contribution in [0.15, 0.2) is 24.3 Å². The molecule has 0 spiro atoms. The van der Waals surface area contributed by atoms with Crippen molar-refractivity contribution >= 4 is 0 Å². The van der Waals surface area contributed by atoms with Gasteiger partial charge < -0.3 is 15.2 Å². The van der Waals surface area contributed by atoms with Crippen LogP contribution in [-0.4, -0.2) is 24.3 Å². The summed E-state index contributed by atoms with van der Waals surface area (Å²) in [7, 11) is 0. The van der Waals surface area contributed by atoms with Crippen LogP contribution in [-0.2, 0) is 0 Å². The van der Waals surface area contributed by atoms with Crippen LogP contribution in [0.5, 0.6) is 5.75 Å². The Kier molecular flexibility index (Phi) is 5.29. The number of aliphatic hydroxyl groups is 1. The molecule has 0 fully saturated rings. The average molecular weight is 223 g/mol. The molecule has 1 atom stereocenters. The molecule has 0 heterocycles. The normalized spacial score (nSPS) is 12.8. The van der Waals surface area contributed by atoms with Crippen LogP contribution in [0.3, 0.4) is 0 Å². The Morgan fingerprint density at radius 3 is 2.62 bits per heavy atom. The predicted octanol–water partition coefficient (Wildman–Crippen LogP) is 2.12. The van der Waals surface area contributed by atoms with E-state index >= 15 is 0 Å². The van der Waals surface area contributed by atoms with E-state index in [1.54, 1.807) is 0 Å². The highest BCUT2D eigenvalue weighted by molar-refractivity contribution is 5.35. The van der Waals surface area contributed by atoms with Crippen molar-refractivity contribution < 1.29 is 9.84 Å². The molecule has 0 saturated heterocycles. The van der Waals surface area contributed by atoms with Gasteiger partial charge in [0.25, 0.3) is 0 Å². The second-order valence-electron chi connectivity index (χ2n) is 4.05. The third-order valence-electron chi connectivity index (χ3n) is 2.30. The zero-order chi connectivity index (χ0) is 12.0. The third kappa shape index (κ3) is 3.83. The second kappa shape index (κ2) is 6.51. The Balaban J connectivity index is 2.69. The van der Waals surface area contributed by atoms with Crippen LogP contribution in [0.2, 0.25) is 0 Å². The van der Waals surface area contributed by atoms with E-state index in [9.17, 15) is 5.11 Å². The molecule has 16 heavy (non-hydrogen) atoms. The second-order valence-corrected chi connectivity index (χ2v) is 4.05. The highest BCUT2D eigenvalue weighted by atomic mass is 16.5. The minimum absolute atomic E-state index is 0.369. The van der Waals surface area contributed by atoms with Gasteiger partial charge in [-0.05, 0) is 13.0 Å². The van der Waals surface area contributed by atoms with E-state index in [0.29, 0.717) is 19.2 Å². The van der Waals surface area contributed by atoms with Gasteiger partial charge in [0.05, 0.1) is 12.7 Å². The van der Waals surface area contributed by atoms with Crippen LogP contribution in [0.1, 0.15) is 32.4 Å². The molecule has 3 heteroatoms. The summed E-state index contributed by atoms with van der Waals surface area (Å²) >= 11 is 0. The maximum atomic E-state index is 10.0. The van der Waals surface area contributed by atoms with Crippen molar-refractivity contribution in [3.05, 3.63) is 29.8 Å². The summed E-state index contributed by atoms with van der Waals surface area (Å²) in [5, 5.41) is 13.2. The molecule has 0 aromatic heterocycles. The largest absolute Gasteiger partial charge is 0.493 e. The molecule has 0 bridgehead atoms. The smallest absolute Gasteiger partial charge is 0.125 e. The number of ether oxygens (including phenoxy) is 1. The van der Waals surface area contributed by atoms with Crippen LogP contribution < -0.4 is 10.1 Å². The summed E-state index contributed by atoms with van der Waals surface area (Å²) in [5.74, 6) is 0.767. The lowest BCUT2D eigenvalue weighted by molar-refractivity contribution is 0.166. The Morgan fingerprint density at radius 1 is 1.31 bits per heavy atom. The van der Waals surface area contributed by atoms with Crippen molar-refractivity contribution in [1.82, 2.24) is 5.32 Å².